The van der Waals surface area contributed by atoms with Crippen LogP contribution in [0.5, 0.6) is 0 Å². The number of ketones is 1. The van der Waals surface area contributed by atoms with Crippen LogP contribution in [0.4, 0.5) is 0 Å². The Morgan fingerprint density at radius 1 is 0.971 bits per heavy atom. The Morgan fingerprint density at radius 3 is 2.37 bits per heavy atom. The highest BCUT2D eigenvalue weighted by atomic mass is 16.1. The second-order valence-corrected chi connectivity index (χ2v) is 10.0. The van der Waals surface area contributed by atoms with Crippen LogP contribution >= 0.6 is 0 Å². The molecule has 2 aromatic carbocycles. The molecule has 1 N–H and O–H groups in total. The Morgan fingerprint density at radius 2 is 1.71 bits per heavy atom. The number of hydrogen-bond acceptors (Lipinski definition) is 4. The van der Waals surface area contributed by atoms with Gasteiger partial charge in [-0.15, -0.1) is 0 Å². The third-order valence-electron chi connectivity index (χ3n) is 6.38. The molecule has 0 aliphatic carbocycles. The van der Waals surface area contributed by atoms with Gasteiger partial charge in [0.2, 0.25) is 0 Å². The number of fused-ring (bicyclic) bond motifs is 1. The Kier molecular flexibility index (Phi) is 5.81. The molecule has 5 aromatic rings. The van der Waals surface area contributed by atoms with Gasteiger partial charge in [-0.3, -0.25) is 9.48 Å². The molecule has 0 radical (unpaired) electrons. The first-order chi connectivity index (χ1) is 16.8. The highest BCUT2D eigenvalue weighted by molar-refractivity contribution is 5.96. The van der Waals surface area contributed by atoms with Gasteiger partial charge in [-0.1, -0.05) is 69.3 Å². The second kappa shape index (κ2) is 8.95. The van der Waals surface area contributed by atoms with Crippen LogP contribution in [0.1, 0.15) is 48.7 Å². The summed E-state index contributed by atoms with van der Waals surface area (Å²) in [6.07, 6.45) is 6.56. The standard InChI is InChI=1S/C29H29N5O/c1-29(2,3)23-12-10-20(11-13-23)26(35)14-7-19-5-8-21(9-6-19)27-24-15-25(22-16-32-34(4)17-22)33-28(24)31-18-30-27/h5-6,8-13,15-18H,7,14H2,1-4H3,(H,30,31,33). The van der Waals surface area contributed by atoms with Crippen molar-refractivity contribution in [1.29, 1.82) is 0 Å². The molecule has 0 unspecified atom stereocenters. The molecular formula is C29H29N5O. The van der Waals surface area contributed by atoms with Gasteiger partial charge in [0.1, 0.15) is 12.0 Å². The molecular weight excluding hydrogens is 434 g/mol. The topological polar surface area (TPSA) is 76.5 Å². The largest absolute Gasteiger partial charge is 0.339 e. The van der Waals surface area contributed by atoms with Crippen molar-refractivity contribution < 1.29 is 4.79 Å². The number of nitrogens with zero attached hydrogens (tertiary/aromatic N) is 4. The number of nitrogens with one attached hydrogen (secondary N) is 1. The van der Waals surface area contributed by atoms with E-state index in [9.17, 15) is 4.79 Å². The molecule has 0 aliphatic heterocycles. The maximum absolute atomic E-state index is 12.7. The van der Waals surface area contributed by atoms with Crippen molar-refractivity contribution in [3.05, 3.63) is 90.0 Å². The maximum Gasteiger partial charge on any atom is 0.163 e. The van der Waals surface area contributed by atoms with E-state index in [0.717, 1.165) is 44.7 Å². The molecule has 3 aromatic heterocycles. The number of rotatable bonds is 6. The van der Waals surface area contributed by atoms with Gasteiger partial charge < -0.3 is 4.98 Å². The molecule has 0 aliphatic rings. The number of benzene rings is 2. The van der Waals surface area contributed by atoms with Gasteiger partial charge in [0.05, 0.1) is 17.6 Å². The number of Topliss-reactive ketones (excluding diaryl/α,β-unsaturated/α-hetero) is 1. The van der Waals surface area contributed by atoms with Gasteiger partial charge in [0, 0.05) is 41.7 Å². The molecule has 0 spiro atoms. The van der Waals surface area contributed by atoms with E-state index in [1.165, 1.54) is 5.56 Å². The van der Waals surface area contributed by atoms with Gasteiger partial charge in [-0.05, 0) is 29.0 Å². The number of hydrogen-bond donors (Lipinski definition) is 1. The van der Waals surface area contributed by atoms with Crippen LogP contribution in [0.15, 0.2) is 73.3 Å². The Balaban J connectivity index is 1.30. The van der Waals surface area contributed by atoms with Crippen molar-refractivity contribution in [3.8, 4) is 22.5 Å². The summed E-state index contributed by atoms with van der Waals surface area (Å²) in [5.74, 6) is 0.169. The summed E-state index contributed by atoms with van der Waals surface area (Å²) < 4.78 is 1.78. The van der Waals surface area contributed by atoms with Crippen LogP contribution in [-0.4, -0.2) is 30.5 Å². The molecule has 0 bridgehead atoms. The van der Waals surface area contributed by atoms with Gasteiger partial charge in [0.15, 0.2) is 5.78 Å². The maximum atomic E-state index is 12.7. The van der Waals surface area contributed by atoms with Crippen molar-refractivity contribution in [2.45, 2.75) is 39.0 Å². The first-order valence-electron chi connectivity index (χ1n) is 11.8. The average molecular weight is 464 g/mol. The fourth-order valence-electron chi connectivity index (χ4n) is 4.27. The summed E-state index contributed by atoms with van der Waals surface area (Å²) in [7, 11) is 1.90. The number of aromatic amines is 1. The first kappa shape index (κ1) is 22.7. The van der Waals surface area contributed by atoms with E-state index < -0.39 is 0 Å². The predicted octanol–water partition coefficient (Wildman–Crippen LogP) is 6.14. The van der Waals surface area contributed by atoms with E-state index in [0.29, 0.717) is 12.8 Å². The summed E-state index contributed by atoms with van der Waals surface area (Å²) in [6.45, 7) is 6.53. The Bertz CT molecular complexity index is 1490. The molecule has 0 amide bonds. The summed E-state index contributed by atoms with van der Waals surface area (Å²) in [6, 6.07) is 18.4. The quantitative estimate of drug-likeness (QED) is 0.307. The van der Waals surface area contributed by atoms with Gasteiger partial charge in [-0.25, -0.2) is 9.97 Å². The van der Waals surface area contributed by atoms with Crippen LogP contribution in [0, 0.1) is 0 Å². The number of aromatic nitrogens is 5. The van der Waals surface area contributed by atoms with E-state index in [2.05, 4.69) is 83.3 Å². The normalized spacial score (nSPS) is 11.8. The number of aryl methyl sites for hydroxylation is 2. The van der Waals surface area contributed by atoms with E-state index in [-0.39, 0.29) is 11.2 Å². The van der Waals surface area contributed by atoms with Crippen molar-refractivity contribution >= 4 is 16.8 Å². The number of carbonyl (C=O) groups is 1. The predicted molar refractivity (Wildman–Crippen MR) is 139 cm³/mol. The summed E-state index contributed by atoms with van der Waals surface area (Å²) in [4.78, 5) is 25.0. The summed E-state index contributed by atoms with van der Waals surface area (Å²) in [5, 5.41) is 5.22. The fraction of sp³-hybridized carbons (Fsp3) is 0.241. The van der Waals surface area contributed by atoms with E-state index in [1.54, 1.807) is 11.0 Å². The van der Waals surface area contributed by atoms with Crippen molar-refractivity contribution in [3.63, 3.8) is 0 Å². The molecule has 0 saturated carbocycles. The fourth-order valence-corrected chi connectivity index (χ4v) is 4.27. The van der Waals surface area contributed by atoms with Crippen LogP contribution in [-0.2, 0) is 18.9 Å². The Labute approximate surface area is 205 Å². The summed E-state index contributed by atoms with van der Waals surface area (Å²) in [5.41, 5.74) is 7.87. The van der Waals surface area contributed by atoms with E-state index in [1.807, 2.05) is 31.6 Å². The van der Waals surface area contributed by atoms with Crippen LogP contribution in [0.3, 0.4) is 0 Å². The van der Waals surface area contributed by atoms with E-state index in [4.69, 9.17) is 0 Å². The molecule has 6 nitrogen and oxygen atoms in total. The smallest absolute Gasteiger partial charge is 0.163 e. The molecule has 35 heavy (non-hydrogen) atoms. The third-order valence-corrected chi connectivity index (χ3v) is 6.38. The van der Waals surface area contributed by atoms with Crippen molar-refractivity contribution in [2.75, 3.05) is 0 Å². The minimum absolute atomic E-state index is 0.0826. The lowest BCUT2D eigenvalue weighted by molar-refractivity contribution is 0.0983. The molecule has 0 fully saturated rings. The molecule has 6 heteroatoms. The van der Waals surface area contributed by atoms with Gasteiger partial charge in [0.25, 0.3) is 0 Å². The molecule has 176 valence electrons. The molecule has 5 rings (SSSR count). The molecule has 0 saturated heterocycles. The lowest BCUT2D eigenvalue weighted by Gasteiger charge is -2.19. The minimum atomic E-state index is 0.0826. The zero-order valence-corrected chi connectivity index (χ0v) is 20.5. The van der Waals surface area contributed by atoms with Crippen LogP contribution in [0.25, 0.3) is 33.5 Å². The lowest BCUT2D eigenvalue weighted by atomic mass is 9.86. The van der Waals surface area contributed by atoms with Crippen LogP contribution < -0.4 is 0 Å². The van der Waals surface area contributed by atoms with Crippen molar-refractivity contribution in [1.82, 2.24) is 24.7 Å². The first-order valence-corrected chi connectivity index (χ1v) is 11.8. The lowest BCUT2D eigenvalue weighted by Crippen LogP contribution is -2.11. The van der Waals surface area contributed by atoms with Gasteiger partial charge in [-0.2, -0.15) is 5.10 Å². The number of H-pyrrole nitrogens is 1. The molecule has 0 atom stereocenters. The average Bonchev–Trinajstić information content (AvgIpc) is 3.48. The van der Waals surface area contributed by atoms with Crippen molar-refractivity contribution in [2.24, 2.45) is 7.05 Å². The second-order valence-electron chi connectivity index (χ2n) is 10.0. The summed E-state index contributed by atoms with van der Waals surface area (Å²) >= 11 is 0. The number of carbonyl (C=O) groups excluding carboxylic acids is 1. The molecule has 3 heterocycles. The van der Waals surface area contributed by atoms with Gasteiger partial charge >= 0.3 is 0 Å². The highest BCUT2D eigenvalue weighted by Gasteiger charge is 2.15. The SMILES string of the molecule is Cn1cc(-c2cc3c(-c4ccc(CCC(=O)c5ccc(C(C)(C)C)cc5)cc4)ncnc3[nH]2)cn1. The third kappa shape index (κ3) is 4.78. The monoisotopic (exact) mass is 463 g/mol. The zero-order valence-electron chi connectivity index (χ0n) is 20.5. The highest BCUT2D eigenvalue weighted by Crippen LogP contribution is 2.30. The van der Waals surface area contributed by atoms with E-state index >= 15 is 0 Å². The Hall–Kier alpha value is -4.06. The zero-order chi connectivity index (χ0) is 24.6. The minimum Gasteiger partial charge on any atom is -0.339 e. The van der Waals surface area contributed by atoms with Crippen LogP contribution in [0.2, 0.25) is 0 Å².